The molecule has 0 amide bonds. The van der Waals surface area contributed by atoms with Gasteiger partial charge in [-0.3, -0.25) is 0 Å². The van der Waals surface area contributed by atoms with Gasteiger partial charge in [0.05, 0.1) is 11.0 Å². The number of thioether (sulfide) groups is 1. The zero-order valence-corrected chi connectivity index (χ0v) is 10.2. The minimum absolute atomic E-state index is 0. The highest BCUT2D eigenvalue weighted by Crippen LogP contribution is 2.21. The quantitative estimate of drug-likeness (QED) is 0.807. The van der Waals surface area contributed by atoms with Gasteiger partial charge in [0.1, 0.15) is 0 Å². The summed E-state index contributed by atoms with van der Waals surface area (Å²) in [6, 6.07) is 6.31. The standard InChI is InChI=1S/C12H16N2S.CH4/c1-8(2)7-15-12-13-10-5-4-9(3)6-11(10)14-12;/h4-6,8H,7H2,1-3H3,(H,13,14);1H4. The van der Waals surface area contributed by atoms with Gasteiger partial charge in [0.15, 0.2) is 5.16 Å². The van der Waals surface area contributed by atoms with Crippen LogP contribution in [0.4, 0.5) is 0 Å². The molecule has 0 unspecified atom stereocenters. The molecular formula is C13H20N2S. The van der Waals surface area contributed by atoms with E-state index in [-0.39, 0.29) is 7.43 Å². The second-order valence-electron chi connectivity index (χ2n) is 4.27. The van der Waals surface area contributed by atoms with E-state index in [0.29, 0.717) is 5.92 Å². The molecule has 0 aliphatic heterocycles. The van der Waals surface area contributed by atoms with E-state index in [2.05, 4.69) is 48.9 Å². The second-order valence-corrected chi connectivity index (χ2v) is 5.28. The van der Waals surface area contributed by atoms with Crippen LogP contribution >= 0.6 is 11.8 Å². The summed E-state index contributed by atoms with van der Waals surface area (Å²) in [5, 5.41) is 1.03. The smallest absolute Gasteiger partial charge is 0.166 e. The van der Waals surface area contributed by atoms with Crippen molar-refractivity contribution in [2.75, 3.05) is 5.75 Å². The fourth-order valence-corrected chi connectivity index (χ4v) is 2.25. The Hall–Kier alpha value is -0.960. The normalized spacial score (nSPS) is 10.8. The van der Waals surface area contributed by atoms with Crippen molar-refractivity contribution in [3.63, 3.8) is 0 Å². The van der Waals surface area contributed by atoms with E-state index in [1.54, 1.807) is 11.8 Å². The summed E-state index contributed by atoms with van der Waals surface area (Å²) in [6.07, 6.45) is 0. The Morgan fingerprint density at radius 3 is 2.81 bits per heavy atom. The average molecular weight is 236 g/mol. The number of rotatable bonds is 3. The molecule has 2 nitrogen and oxygen atoms in total. The van der Waals surface area contributed by atoms with Gasteiger partial charge in [-0.2, -0.15) is 0 Å². The molecule has 3 heteroatoms. The van der Waals surface area contributed by atoms with Crippen molar-refractivity contribution in [1.82, 2.24) is 9.97 Å². The fourth-order valence-electron chi connectivity index (χ4n) is 1.41. The van der Waals surface area contributed by atoms with Crippen LogP contribution in [-0.4, -0.2) is 15.7 Å². The highest BCUT2D eigenvalue weighted by atomic mass is 32.2. The zero-order valence-electron chi connectivity index (χ0n) is 9.37. The third kappa shape index (κ3) is 3.01. The zero-order chi connectivity index (χ0) is 10.8. The molecule has 88 valence electrons. The number of fused-ring (bicyclic) bond motifs is 1. The van der Waals surface area contributed by atoms with Crippen molar-refractivity contribution in [1.29, 1.82) is 0 Å². The summed E-state index contributed by atoms with van der Waals surface area (Å²) < 4.78 is 0. The van der Waals surface area contributed by atoms with E-state index in [1.807, 2.05) is 0 Å². The minimum atomic E-state index is 0. The first kappa shape index (κ1) is 13.1. The molecule has 0 spiro atoms. The molecule has 0 atom stereocenters. The molecule has 0 fully saturated rings. The monoisotopic (exact) mass is 236 g/mol. The maximum atomic E-state index is 4.53. The van der Waals surface area contributed by atoms with Gasteiger partial charge in [0, 0.05) is 5.75 Å². The minimum Gasteiger partial charge on any atom is -0.333 e. The summed E-state index contributed by atoms with van der Waals surface area (Å²) in [7, 11) is 0. The van der Waals surface area contributed by atoms with Gasteiger partial charge in [0.2, 0.25) is 0 Å². The van der Waals surface area contributed by atoms with Crippen molar-refractivity contribution in [3.8, 4) is 0 Å². The van der Waals surface area contributed by atoms with E-state index < -0.39 is 0 Å². The van der Waals surface area contributed by atoms with E-state index in [0.717, 1.165) is 21.9 Å². The maximum Gasteiger partial charge on any atom is 0.166 e. The van der Waals surface area contributed by atoms with Crippen LogP contribution in [0, 0.1) is 12.8 Å². The van der Waals surface area contributed by atoms with E-state index in [4.69, 9.17) is 0 Å². The van der Waals surface area contributed by atoms with Crippen molar-refractivity contribution >= 4 is 22.8 Å². The fraction of sp³-hybridized carbons (Fsp3) is 0.462. The van der Waals surface area contributed by atoms with Gasteiger partial charge >= 0.3 is 0 Å². The number of nitrogens with one attached hydrogen (secondary N) is 1. The Bertz CT molecular complexity index is 460. The third-order valence-electron chi connectivity index (χ3n) is 2.17. The number of H-pyrrole nitrogens is 1. The van der Waals surface area contributed by atoms with Gasteiger partial charge in [-0.1, -0.05) is 39.1 Å². The van der Waals surface area contributed by atoms with Crippen LogP contribution in [-0.2, 0) is 0 Å². The highest BCUT2D eigenvalue weighted by molar-refractivity contribution is 7.99. The SMILES string of the molecule is C.Cc1ccc2nc(SCC(C)C)[nH]c2c1. The van der Waals surface area contributed by atoms with Crippen LogP contribution in [0.3, 0.4) is 0 Å². The summed E-state index contributed by atoms with van der Waals surface area (Å²) in [6.45, 7) is 6.54. The largest absolute Gasteiger partial charge is 0.333 e. The lowest BCUT2D eigenvalue weighted by Crippen LogP contribution is -1.90. The van der Waals surface area contributed by atoms with Gasteiger partial charge in [-0.15, -0.1) is 0 Å². The van der Waals surface area contributed by atoms with Crippen molar-refractivity contribution in [3.05, 3.63) is 23.8 Å². The van der Waals surface area contributed by atoms with E-state index >= 15 is 0 Å². The molecule has 0 saturated heterocycles. The molecule has 1 aromatic carbocycles. The number of benzene rings is 1. The average Bonchev–Trinajstić information content (AvgIpc) is 2.56. The molecule has 16 heavy (non-hydrogen) atoms. The maximum absolute atomic E-state index is 4.53. The predicted molar refractivity (Wildman–Crippen MR) is 73.1 cm³/mol. The van der Waals surface area contributed by atoms with E-state index in [9.17, 15) is 0 Å². The van der Waals surface area contributed by atoms with Gasteiger partial charge < -0.3 is 4.98 Å². The number of imidazole rings is 1. The van der Waals surface area contributed by atoms with Gasteiger partial charge in [-0.25, -0.2) is 4.98 Å². The first-order valence-electron chi connectivity index (χ1n) is 5.24. The van der Waals surface area contributed by atoms with Crippen molar-refractivity contribution in [2.24, 2.45) is 5.92 Å². The van der Waals surface area contributed by atoms with Crippen LogP contribution in [0.15, 0.2) is 23.4 Å². The summed E-state index contributed by atoms with van der Waals surface area (Å²) in [5.74, 6) is 1.81. The van der Waals surface area contributed by atoms with Crippen LogP contribution in [0.5, 0.6) is 0 Å². The number of nitrogens with zero attached hydrogens (tertiary/aromatic N) is 1. The second kappa shape index (κ2) is 5.39. The van der Waals surface area contributed by atoms with E-state index in [1.165, 1.54) is 5.56 Å². The molecule has 0 bridgehead atoms. The highest BCUT2D eigenvalue weighted by Gasteiger charge is 2.04. The van der Waals surface area contributed by atoms with Crippen molar-refractivity contribution < 1.29 is 0 Å². The molecule has 2 rings (SSSR count). The molecule has 1 N–H and O–H groups in total. The van der Waals surface area contributed by atoms with Gasteiger partial charge in [-0.05, 0) is 30.5 Å². The predicted octanol–water partition coefficient (Wildman–Crippen LogP) is 4.26. The number of hydrogen-bond donors (Lipinski definition) is 1. The molecular weight excluding hydrogens is 216 g/mol. The Morgan fingerprint density at radius 1 is 1.38 bits per heavy atom. The molecule has 0 saturated carbocycles. The van der Waals surface area contributed by atoms with Crippen LogP contribution in [0.25, 0.3) is 11.0 Å². The Balaban J connectivity index is 0.00000128. The Morgan fingerprint density at radius 2 is 2.12 bits per heavy atom. The first-order chi connectivity index (χ1) is 7.15. The van der Waals surface area contributed by atoms with Crippen LogP contribution in [0.1, 0.15) is 26.8 Å². The molecule has 1 aromatic heterocycles. The topological polar surface area (TPSA) is 28.7 Å². The lowest BCUT2D eigenvalue weighted by atomic mass is 10.2. The molecule has 0 aliphatic carbocycles. The first-order valence-corrected chi connectivity index (χ1v) is 6.23. The van der Waals surface area contributed by atoms with Crippen LogP contribution < -0.4 is 0 Å². The Labute approximate surface area is 102 Å². The lowest BCUT2D eigenvalue weighted by molar-refractivity contribution is 0.748. The molecule has 0 radical (unpaired) electrons. The number of aromatic amines is 1. The van der Waals surface area contributed by atoms with Gasteiger partial charge in [0.25, 0.3) is 0 Å². The molecule has 1 heterocycles. The number of aryl methyl sites for hydroxylation is 1. The lowest BCUT2D eigenvalue weighted by Gasteiger charge is -1.99. The summed E-state index contributed by atoms with van der Waals surface area (Å²) >= 11 is 1.79. The Kier molecular flexibility index (Phi) is 4.42. The molecule has 0 aliphatic rings. The van der Waals surface area contributed by atoms with Crippen molar-refractivity contribution in [2.45, 2.75) is 33.4 Å². The third-order valence-corrected chi connectivity index (χ3v) is 3.47. The number of aromatic nitrogens is 2. The summed E-state index contributed by atoms with van der Waals surface area (Å²) in [4.78, 5) is 7.88. The summed E-state index contributed by atoms with van der Waals surface area (Å²) in [5.41, 5.74) is 3.47. The number of hydrogen-bond acceptors (Lipinski definition) is 2. The molecule has 2 aromatic rings. The van der Waals surface area contributed by atoms with Crippen LogP contribution in [0.2, 0.25) is 0 Å².